The van der Waals surface area contributed by atoms with E-state index in [9.17, 15) is 30.7 Å². The minimum atomic E-state index is -4.90. The standard InChI is InChI=1S/C17H15N5O7S2/c18-10-3-6-13(15(7-10)20-17(19)23)21-22-14-5-2-9-1-4-11(30(24,25)26)8-12(9)16(14)31(27,28)29/h1-8H,18H2,(H3,19,20,23)(H,24,25,26)(H,27,28,29). The second-order valence-corrected chi connectivity index (χ2v) is 8.99. The Balaban J connectivity index is 2.23. The Morgan fingerprint density at radius 3 is 2.10 bits per heavy atom. The summed E-state index contributed by atoms with van der Waals surface area (Å²) in [5, 5.41) is 10.0. The van der Waals surface area contributed by atoms with Gasteiger partial charge in [0.2, 0.25) is 0 Å². The SMILES string of the molecule is NC(=O)Nc1cc(N)ccc1N=Nc1ccc2ccc(S(=O)(=O)O)cc2c1S(=O)(=O)O. The highest BCUT2D eigenvalue weighted by Crippen LogP contribution is 2.36. The van der Waals surface area contributed by atoms with Crippen LogP contribution in [-0.4, -0.2) is 32.0 Å². The van der Waals surface area contributed by atoms with Crippen LogP contribution in [0.25, 0.3) is 10.8 Å². The molecule has 2 amide bonds. The third-order valence-electron chi connectivity index (χ3n) is 4.02. The number of carbonyl (C=O) groups is 1. The average Bonchev–Trinajstić information content (AvgIpc) is 2.64. The molecule has 3 aromatic carbocycles. The summed E-state index contributed by atoms with van der Waals surface area (Å²) in [6, 6.07) is 9.14. The van der Waals surface area contributed by atoms with E-state index in [2.05, 4.69) is 15.5 Å². The molecule has 7 N–H and O–H groups in total. The predicted octanol–water partition coefficient (Wildman–Crippen LogP) is 2.82. The van der Waals surface area contributed by atoms with Crippen molar-refractivity contribution >= 4 is 59.8 Å². The second-order valence-electron chi connectivity index (χ2n) is 6.21. The van der Waals surface area contributed by atoms with Crippen molar-refractivity contribution in [2.45, 2.75) is 9.79 Å². The summed E-state index contributed by atoms with van der Waals surface area (Å²) in [5.74, 6) is 0. The van der Waals surface area contributed by atoms with Gasteiger partial charge in [-0.25, -0.2) is 4.79 Å². The number of nitrogens with zero attached hydrogens (tertiary/aromatic N) is 2. The molecule has 0 bridgehead atoms. The molecule has 12 nitrogen and oxygen atoms in total. The number of nitrogen functional groups attached to an aromatic ring is 1. The lowest BCUT2D eigenvalue weighted by Crippen LogP contribution is -2.19. The minimum Gasteiger partial charge on any atom is -0.399 e. The van der Waals surface area contributed by atoms with Gasteiger partial charge >= 0.3 is 6.03 Å². The zero-order chi connectivity index (χ0) is 23.0. The van der Waals surface area contributed by atoms with Gasteiger partial charge in [0, 0.05) is 11.1 Å². The topological polar surface area (TPSA) is 215 Å². The maximum Gasteiger partial charge on any atom is 0.316 e. The normalized spacial score (nSPS) is 12.3. The average molecular weight is 465 g/mol. The molecule has 3 aromatic rings. The number of rotatable bonds is 5. The van der Waals surface area contributed by atoms with Crippen molar-refractivity contribution in [3.05, 3.63) is 48.5 Å². The number of amides is 2. The molecule has 0 radical (unpaired) electrons. The number of carbonyl (C=O) groups excluding carboxylic acids is 1. The lowest BCUT2D eigenvalue weighted by Gasteiger charge is -2.09. The van der Waals surface area contributed by atoms with Gasteiger partial charge in [-0.15, -0.1) is 10.2 Å². The van der Waals surface area contributed by atoms with Crippen LogP contribution >= 0.6 is 0 Å². The van der Waals surface area contributed by atoms with Gasteiger partial charge in [-0.1, -0.05) is 12.1 Å². The number of nitrogens with two attached hydrogens (primary N) is 2. The number of benzene rings is 3. The number of fused-ring (bicyclic) bond motifs is 1. The third-order valence-corrected chi connectivity index (χ3v) is 5.82. The van der Waals surface area contributed by atoms with Crippen molar-refractivity contribution < 1.29 is 30.7 Å². The molecule has 31 heavy (non-hydrogen) atoms. The van der Waals surface area contributed by atoms with E-state index in [0.29, 0.717) is 0 Å². The van der Waals surface area contributed by atoms with E-state index in [1.165, 1.54) is 36.4 Å². The summed E-state index contributed by atoms with van der Waals surface area (Å²) in [4.78, 5) is 9.87. The van der Waals surface area contributed by atoms with Crippen molar-refractivity contribution in [2.24, 2.45) is 16.0 Å². The van der Waals surface area contributed by atoms with Crippen LogP contribution in [0.15, 0.2) is 68.6 Å². The molecule has 0 unspecified atom stereocenters. The zero-order valence-electron chi connectivity index (χ0n) is 15.4. The van der Waals surface area contributed by atoms with Gasteiger partial charge < -0.3 is 16.8 Å². The Bertz CT molecular complexity index is 1450. The summed E-state index contributed by atoms with van der Waals surface area (Å²) in [6.07, 6.45) is 0. The summed E-state index contributed by atoms with van der Waals surface area (Å²) < 4.78 is 66.0. The number of hydrogen-bond donors (Lipinski definition) is 5. The van der Waals surface area contributed by atoms with E-state index in [1.807, 2.05) is 0 Å². The second kappa shape index (κ2) is 7.92. The molecular formula is C17H15N5O7S2. The van der Waals surface area contributed by atoms with Gasteiger partial charge in [-0.2, -0.15) is 16.8 Å². The molecule has 0 aliphatic carbocycles. The Labute approximate surface area is 176 Å². The molecule has 14 heteroatoms. The molecule has 0 saturated carbocycles. The van der Waals surface area contributed by atoms with Gasteiger partial charge in [0.15, 0.2) is 0 Å². The fourth-order valence-electron chi connectivity index (χ4n) is 2.75. The van der Waals surface area contributed by atoms with Crippen LogP contribution in [0.3, 0.4) is 0 Å². The molecule has 0 heterocycles. The highest BCUT2D eigenvalue weighted by Gasteiger charge is 2.22. The number of primary amides is 1. The fraction of sp³-hybridized carbons (Fsp3) is 0. The molecule has 0 spiro atoms. The summed E-state index contributed by atoms with van der Waals surface area (Å²) in [6.45, 7) is 0. The molecule has 0 fully saturated rings. The van der Waals surface area contributed by atoms with Crippen molar-refractivity contribution in [1.29, 1.82) is 0 Å². The largest absolute Gasteiger partial charge is 0.399 e. The van der Waals surface area contributed by atoms with E-state index < -0.39 is 36.1 Å². The summed E-state index contributed by atoms with van der Waals surface area (Å²) in [5.41, 5.74) is 10.9. The highest BCUT2D eigenvalue weighted by atomic mass is 32.2. The maximum absolute atomic E-state index is 12.0. The van der Waals surface area contributed by atoms with Gasteiger partial charge in [0.1, 0.15) is 16.3 Å². The fourth-order valence-corrected chi connectivity index (χ4v) is 4.09. The van der Waals surface area contributed by atoms with Crippen LogP contribution < -0.4 is 16.8 Å². The number of anilines is 2. The van der Waals surface area contributed by atoms with Gasteiger partial charge in [-0.05, 0) is 41.8 Å². The van der Waals surface area contributed by atoms with E-state index in [0.717, 1.165) is 12.1 Å². The van der Waals surface area contributed by atoms with Crippen LogP contribution in [-0.2, 0) is 20.2 Å². The molecular weight excluding hydrogens is 450 g/mol. The van der Waals surface area contributed by atoms with Crippen LogP contribution in [0.5, 0.6) is 0 Å². The maximum atomic E-state index is 12.0. The van der Waals surface area contributed by atoms with Crippen LogP contribution in [0.2, 0.25) is 0 Å². The molecule has 0 aromatic heterocycles. The van der Waals surface area contributed by atoms with Crippen molar-refractivity contribution in [1.82, 2.24) is 0 Å². The first-order chi connectivity index (χ1) is 14.4. The Morgan fingerprint density at radius 1 is 0.871 bits per heavy atom. The Kier molecular flexibility index (Phi) is 5.64. The quantitative estimate of drug-likeness (QED) is 0.214. The van der Waals surface area contributed by atoms with Crippen molar-refractivity contribution in [3.63, 3.8) is 0 Å². The van der Waals surface area contributed by atoms with Crippen LogP contribution in [0, 0.1) is 0 Å². The first-order valence-electron chi connectivity index (χ1n) is 8.26. The monoisotopic (exact) mass is 465 g/mol. The number of hydrogen-bond acceptors (Lipinski definition) is 8. The minimum absolute atomic E-state index is 0.0704. The van der Waals surface area contributed by atoms with E-state index in [1.54, 1.807) is 0 Å². The highest BCUT2D eigenvalue weighted by molar-refractivity contribution is 7.86. The summed E-state index contributed by atoms with van der Waals surface area (Å²) in [7, 11) is -9.54. The van der Waals surface area contributed by atoms with Gasteiger partial charge in [0.05, 0.1) is 10.6 Å². The van der Waals surface area contributed by atoms with Crippen molar-refractivity contribution in [2.75, 3.05) is 11.1 Å². The number of azo groups is 1. The Morgan fingerprint density at radius 2 is 1.48 bits per heavy atom. The molecule has 0 aliphatic heterocycles. The van der Waals surface area contributed by atoms with Gasteiger partial charge in [-0.3, -0.25) is 9.11 Å². The van der Waals surface area contributed by atoms with Gasteiger partial charge in [0.25, 0.3) is 20.2 Å². The van der Waals surface area contributed by atoms with Crippen LogP contribution in [0.4, 0.5) is 27.5 Å². The Hall–Kier alpha value is -3.59. The zero-order valence-corrected chi connectivity index (χ0v) is 17.1. The lowest BCUT2D eigenvalue weighted by atomic mass is 10.1. The number of nitrogens with one attached hydrogen (secondary N) is 1. The third kappa shape index (κ3) is 4.95. The molecule has 0 aliphatic rings. The van der Waals surface area contributed by atoms with E-state index in [4.69, 9.17) is 11.5 Å². The smallest absolute Gasteiger partial charge is 0.316 e. The molecule has 162 valence electrons. The predicted molar refractivity (Wildman–Crippen MR) is 112 cm³/mol. The molecule has 3 rings (SSSR count). The van der Waals surface area contributed by atoms with Crippen LogP contribution in [0.1, 0.15) is 0 Å². The first kappa shape index (κ1) is 22.1. The lowest BCUT2D eigenvalue weighted by molar-refractivity contribution is 0.259. The summed E-state index contributed by atoms with van der Waals surface area (Å²) >= 11 is 0. The molecule has 0 saturated heterocycles. The van der Waals surface area contributed by atoms with E-state index in [-0.39, 0.29) is 33.5 Å². The molecule has 0 atom stereocenters. The first-order valence-corrected chi connectivity index (χ1v) is 11.1. The van der Waals surface area contributed by atoms with Crippen molar-refractivity contribution in [3.8, 4) is 0 Å². The van der Waals surface area contributed by atoms with E-state index >= 15 is 0 Å². The number of urea groups is 1.